The topological polar surface area (TPSA) is 34.1 Å². The van der Waals surface area contributed by atoms with Gasteiger partial charge in [0, 0.05) is 5.92 Å². The molecule has 1 saturated carbocycles. The summed E-state index contributed by atoms with van der Waals surface area (Å²) in [6.45, 7) is 6.11. The lowest BCUT2D eigenvalue weighted by Gasteiger charge is -2.31. The van der Waals surface area contributed by atoms with Gasteiger partial charge in [0.05, 0.1) is 5.92 Å². The lowest BCUT2D eigenvalue weighted by molar-refractivity contribution is -0.136. The largest absolute Gasteiger partial charge is 0.303 e. The van der Waals surface area contributed by atoms with Crippen molar-refractivity contribution in [2.45, 2.75) is 33.6 Å². The summed E-state index contributed by atoms with van der Waals surface area (Å²) in [5.74, 6) is 0.582. The molecular formula is C11H18O2. The molecule has 0 aromatic heterocycles. The summed E-state index contributed by atoms with van der Waals surface area (Å²) in [6, 6.07) is 0. The summed E-state index contributed by atoms with van der Waals surface area (Å²) in [5.41, 5.74) is 0. The first-order chi connectivity index (χ1) is 6.07. The van der Waals surface area contributed by atoms with Crippen LogP contribution >= 0.6 is 0 Å². The van der Waals surface area contributed by atoms with E-state index in [1.165, 1.54) is 0 Å². The Morgan fingerprint density at radius 2 is 2.00 bits per heavy atom. The van der Waals surface area contributed by atoms with Crippen molar-refractivity contribution < 1.29 is 9.59 Å². The molecule has 0 aromatic rings. The molecule has 74 valence electrons. The number of carbonyl (C=O) groups excluding carboxylic acids is 2. The van der Waals surface area contributed by atoms with Crippen LogP contribution in [-0.4, -0.2) is 12.1 Å². The molecule has 0 aromatic carbocycles. The summed E-state index contributed by atoms with van der Waals surface area (Å²) in [5, 5.41) is 0. The second-order valence-corrected chi connectivity index (χ2v) is 4.47. The fourth-order valence-corrected chi connectivity index (χ4v) is 2.15. The third-order valence-electron chi connectivity index (χ3n) is 3.19. The van der Waals surface area contributed by atoms with Crippen LogP contribution in [0.1, 0.15) is 33.6 Å². The highest BCUT2D eigenvalue weighted by atomic mass is 16.1. The first kappa shape index (κ1) is 10.4. The molecule has 13 heavy (non-hydrogen) atoms. The second-order valence-electron chi connectivity index (χ2n) is 4.47. The number of ketones is 1. The lowest BCUT2D eigenvalue weighted by atomic mass is 9.71. The summed E-state index contributed by atoms with van der Waals surface area (Å²) >= 11 is 0. The van der Waals surface area contributed by atoms with Crippen LogP contribution in [0, 0.1) is 23.7 Å². The normalized spacial score (nSPS) is 35.1. The Balaban J connectivity index is 2.75. The van der Waals surface area contributed by atoms with E-state index in [0.717, 1.165) is 19.1 Å². The van der Waals surface area contributed by atoms with Gasteiger partial charge >= 0.3 is 0 Å². The summed E-state index contributed by atoms with van der Waals surface area (Å²) in [4.78, 5) is 22.5. The summed E-state index contributed by atoms with van der Waals surface area (Å²) < 4.78 is 0. The molecule has 1 aliphatic carbocycles. The molecule has 0 radical (unpaired) electrons. The second kappa shape index (κ2) is 4.03. The standard InChI is InChI=1S/C11H18O2/c1-7(2)9-5-4-8(3)10(6-12)11(9)13/h6-10H,4-5H2,1-3H3/t8-,9+,10?/m1/s1. The Kier molecular flexibility index (Phi) is 3.23. The van der Waals surface area contributed by atoms with Crippen LogP contribution in [0.3, 0.4) is 0 Å². The summed E-state index contributed by atoms with van der Waals surface area (Å²) in [7, 11) is 0. The Morgan fingerprint density at radius 1 is 1.38 bits per heavy atom. The highest BCUT2D eigenvalue weighted by Gasteiger charge is 2.36. The Hall–Kier alpha value is -0.660. The SMILES string of the molecule is CC(C)[C@@H]1CC[C@@H](C)C(C=O)C1=O. The molecule has 2 nitrogen and oxygen atoms in total. The molecular weight excluding hydrogens is 164 g/mol. The van der Waals surface area contributed by atoms with Crippen LogP contribution in [0.4, 0.5) is 0 Å². The van der Waals surface area contributed by atoms with Crippen molar-refractivity contribution in [1.29, 1.82) is 0 Å². The van der Waals surface area contributed by atoms with Crippen molar-refractivity contribution in [2.24, 2.45) is 23.7 Å². The van der Waals surface area contributed by atoms with Crippen LogP contribution in [-0.2, 0) is 9.59 Å². The number of Topliss-reactive ketones (excluding diaryl/α,β-unsaturated/α-hetero) is 1. The van der Waals surface area contributed by atoms with Gasteiger partial charge in [-0.1, -0.05) is 20.8 Å². The zero-order valence-corrected chi connectivity index (χ0v) is 8.62. The molecule has 0 N–H and O–H groups in total. The minimum Gasteiger partial charge on any atom is -0.303 e. The predicted octanol–water partition coefficient (Wildman–Crippen LogP) is 2.07. The molecule has 0 amide bonds. The Bertz CT molecular complexity index is 208. The predicted molar refractivity (Wildman–Crippen MR) is 51.3 cm³/mol. The van der Waals surface area contributed by atoms with E-state index >= 15 is 0 Å². The van der Waals surface area contributed by atoms with Gasteiger partial charge in [-0.25, -0.2) is 0 Å². The van der Waals surface area contributed by atoms with Crippen molar-refractivity contribution >= 4 is 12.1 Å². The van der Waals surface area contributed by atoms with Crippen molar-refractivity contribution in [3.8, 4) is 0 Å². The fourth-order valence-electron chi connectivity index (χ4n) is 2.15. The molecule has 1 aliphatic rings. The molecule has 2 heteroatoms. The van der Waals surface area contributed by atoms with Crippen LogP contribution in [0.25, 0.3) is 0 Å². The summed E-state index contributed by atoms with van der Waals surface area (Å²) in [6.07, 6.45) is 2.81. The van der Waals surface area contributed by atoms with E-state index < -0.39 is 0 Å². The maximum absolute atomic E-state index is 11.8. The highest BCUT2D eigenvalue weighted by Crippen LogP contribution is 2.33. The number of carbonyl (C=O) groups is 2. The minimum absolute atomic E-state index is 0.117. The van der Waals surface area contributed by atoms with Crippen molar-refractivity contribution in [3.63, 3.8) is 0 Å². The molecule has 0 saturated heterocycles. The molecule has 0 aliphatic heterocycles. The number of aldehydes is 1. The van der Waals surface area contributed by atoms with Crippen LogP contribution in [0.5, 0.6) is 0 Å². The smallest absolute Gasteiger partial charge is 0.146 e. The first-order valence-electron chi connectivity index (χ1n) is 5.07. The van der Waals surface area contributed by atoms with Gasteiger partial charge in [-0.15, -0.1) is 0 Å². The Labute approximate surface area is 79.7 Å². The molecule has 1 fully saturated rings. The monoisotopic (exact) mass is 182 g/mol. The molecule has 3 atom stereocenters. The van der Waals surface area contributed by atoms with E-state index in [1.54, 1.807) is 0 Å². The van der Waals surface area contributed by atoms with Gasteiger partial charge in [0.25, 0.3) is 0 Å². The van der Waals surface area contributed by atoms with Gasteiger partial charge in [-0.05, 0) is 24.7 Å². The fraction of sp³-hybridized carbons (Fsp3) is 0.818. The minimum atomic E-state index is -0.332. The van der Waals surface area contributed by atoms with Crippen LogP contribution < -0.4 is 0 Å². The highest BCUT2D eigenvalue weighted by molar-refractivity contribution is 5.95. The number of hydrogen-bond acceptors (Lipinski definition) is 2. The molecule has 1 unspecified atom stereocenters. The van der Waals surface area contributed by atoms with Crippen molar-refractivity contribution in [3.05, 3.63) is 0 Å². The van der Waals surface area contributed by atoms with Gasteiger partial charge in [-0.3, -0.25) is 4.79 Å². The quantitative estimate of drug-likeness (QED) is 0.484. The zero-order chi connectivity index (χ0) is 10.0. The molecule has 0 spiro atoms. The van der Waals surface area contributed by atoms with Crippen molar-refractivity contribution in [1.82, 2.24) is 0 Å². The average molecular weight is 182 g/mol. The van der Waals surface area contributed by atoms with E-state index in [2.05, 4.69) is 13.8 Å². The number of hydrogen-bond donors (Lipinski definition) is 0. The van der Waals surface area contributed by atoms with Crippen molar-refractivity contribution in [2.75, 3.05) is 0 Å². The van der Waals surface area contributed by atoms with Crippen LogP contribution in [0.15, 0.2) is 0 Å². The third kappa shape index (κ3) is 1.98. The van der Waals surface area contributed by atoms with Gasteiger partial charge in [-0.2, -0.15) is 0 Å². The van der Waals surface area contributed by atoms with Crippen LogP contribution in [0.2, 0.25) is 0 Å². The lowest BCUT2D eigenvalue weighted by Crippen LogP contribution is -2.37. The van der Waals surface area contributed by atoms with Gasteiger partial charge in [0.1, 0.15) is 12.1 Å². The zero-order valence-electron chi connectivity index (χ0n) is 8.62. The molecule has 1 rings (SSSR count). The molecule has 0 bridgehead atoms. The first-order valence-corrected chi connectivity index (χ1v) is 5.07. The van der Waals surface area contributed by atoms with E-state index in [4.69, 9.17) is 0 Å². The van der Waals surface area contributed by atoms with Gasteiger partial charge in [0.2, 0.25) is 0 Å². The van der Waals surface area contributed by atoms with Gasteiger partial charge < -0.3 is 4.79 Å². The maximum atomic E-state index is 11.8. The van der Waals surface area contributed by atoms with E-state index in [0.29, 0.717) is 5.92 Å². The molecule has 0 heterocycles. The van der Waals surface area contributed by atoms with E-state index in [9.17, 15) is 9.59 Å². The third-order valence-corrected chi connectivity index (χ3v) is 3.19. The Morgan fingerprint density at radius 3 is 2.46 bits per heavy atom. The average Bonchev–Trinajstić information content (AvgIpc) is 2.04. The maximum Gasteiger partial charge on any atom is 0.146 e. The van der Waals surface area contributed by atoms with E-state index in [1.807, 2.05) is 6.92 Å². The van der Waals surface area contributed by atoms with E-state index in [-0.39, 0.29) is 23.5 Å². The number of rotatable bonds is 2. The van der Waals surface area contributed by atoms with Gasteiger partial charge in [0.15, 0.2) is 0 Å².